The van der Waals surface area contributed by atoms with Gasteiger partial charge in [-0.05, 0) is 98.1 Å². The van der Waals surface area contributed by atoms with Gasteiger partial charge in [-0.25, -0.2) is 0 Å². The molecule has 0 aromatic carbocycles. The van der Waals surface area contributed by atoms with Gasteiger partial charge < -0.3 is 16.4 Å². The molecule has 0 aliphatic carbocycles. The molecule has 0 atom stereocenters. The van der Waals surface area contributed by atoms with Gasteiger partial charge in [0.15, 0.2) is 0 Å². The lowest BCUT2D eigenvalue weighted by Gasteiger charge is -2.61. The van der Waals surface area contributed by atoms with E-state index in [0.717, 1.165) is 32.6 Å². The van der Waals surface area contributed by atoms with Gasteiger partial charge in [0.25, 0.3) is 0 Å². The molecule has 0 saturated heterocycles. The summed E-state index contributed by atoms with van der Waals surface area (Å²) in [4.78, 5) is 3.25. The van der Waals surface area contributed by atoms with Gasteiger partial charge in [0.1, 0.15) is 0 Å². The lowest BCUT2D eigenvalue weighted by molar-refractivity contribution is -0.0801. The summed E-state index contributed by atoms with van der Waals surface area (Å²) in [6, 6.07) is 0. The zero-order valence-corrected chi connectivity index (χ0v) is 61.6. The summed E-state index contributed by atoms with van der Waals surface area (Å²) in [5, 5.41) is 7.99. The molecule has 0 aromatic rings. The maximum absolute atomic E-state index is 5.82. The molecule has 0 aromatic heterocycles. The SMILES string of the molecule is CCCCCCCCCCCCCCCCN(CCCCCCCCCCCCCCCC)C(CCCCCCCCCCCCCCCC)(CCCCCCCCCCCCCCCC)C(C)(C)C(C)(C)NCCCCNCCCN.I. The number of halogens is 1. The van der Waals surface area contributed by atoms with Gasteiger partial charge in [-0.2, -0.15) is 0 Å². The van der Waals surface area contributed by atoms with E-state index in [0.29, 0.717) is 0 Å². The Labute approximate surface area is 544 Å². The van der Waals surface area contributed by atoms with Gasteiger partial charge in [0.2, 0.25) is 0 Å². The van der Waals surface area contributed by atoms with Gasteiger partial charge in [-0.15, -0.1) is 24.0 Å². The van der Waals surface area contributed by atoms with Crippen LogP contribution >= 0.6 is 24.0 Å². The van der Waals surface area contributed by atoms with Gasteiger partial charge >= 0.3 is 0 Å². The number of nitrogens with one attached hydrogen (secondary N) is 2. The molecule has 0 bridgehead atoms. The second-order valence-electron chi connectivity index (χ2n) is 28.7. The Morgan fingerprint density at radius 3 is 0.735 bits per heavy atom. The largest absolute Gasteiger partial charge is 0.330 e. The van der Waals surface area contributed by atoms with E-state index in [1.807, 2.05) is 0 Å². The van der Waals surface area contributed by atoms with Crippen molar-refractivity contribution < 1.29 is 0 Å². The summed E-state index contributed by atoms with van der Waals surface area (Å²) in [6.07, 6.45) is 87.0. The van der Waals surface area contributed by atoms with E-state index in [1.165, 1.54) is 398 Å². The molecule has 0 amide bonds. The molecule has 4 nitrogen and oxygen atoms in total. The van der Waals surface area contributed by atoms with Crippen LogP contribution in [0.25, 0.3) is 0 Å². The van der Waals surface area contributed by atoms with Crippen LogP contribution in [0.3, 0.4) is 0 Å². The molecular weight excluding hydrogens is 1120 g/mol. The molecule has 0 fully saturated rings. The van der Waals surface area contributed by atoms with E-state index >= 15 is 0 Å². The van der Waals surface area contributed by atoms with Gasteiger partial charge in [-0.1, -0.05) is 388 Å². The number of hydrogen-bond acceptors (Lipinski definition) is 4. The van der Waals surface area contributed by atoms with E-state index in [1.54, 1.807) is 0 Å². The van der Waals surface area contributed by atoms with Crippen LogP contribution in [-0.2, 0) is 0 Å². The Morgan fingerprint density at radius 1 is 0.265 bits per heavy atom. The van der Waals surface area contributed by atoms with Crippen LogP contribution < -0.4 is 16.4 Å². The lowest BCUT2D eigenvalue weighted by atomic mass is 9.57. The normalized spacial score (nSPS) is 12.4. The second-order valence-corrected chi connectivity index (χ2v) is 28.7. The van der Waals surface area contributed by atoms with Gasteiger partial charge in [0.05, 0.1) is 0 Å². The Morgan fingerprint density at radius 2 is 0.482 bits per heavy atom. The molecule has 0 rings (SSSR count). The van der Waals surface area contributed by atoms with Crippen LogP contribution in [0.15, 0.2) is 0 Å². The van der Waals surface area contributed by atoms with Crippen LogP contribution in [-0.4, -0.2) is 55.2 Å². The fraction of sp³-hybridized carbons (Fsp3) is 1.00. The Bertz CT molecular complexity index is 1130. The van der Waals surface area contributed by atoms with Crippen molar-refractivity contribution in [3.8, 4) is 0 Å². The fourth-order valence-electron chi connectivity index (χ4n) is 14.2. The monoisotopic (exact) mass is 1280 g/mol. The molecule has 4 N–H and O–H groups in total. The minimum atomic E-state index is 0. The Kier molecular flexibility index (Phi) is 69.1. The van der Waals surface area contributed by atoms with Crippen molar-refractivity contribution in [2.24, 2.45) is 11.1 Å². The summed E-state index contributed by atoms with van der Waals surface area (Å²) in [5.41, 5.74) is 6.15. The van der Waals surface area contributed by atoms with Crippen LogP contribution in [0.2, 0.25) is 0 Å². The third-order valence-corrected chi connectivity index (χ3v) is 20.7. The van der Waals surface area contributed by atoms with E-state index in [4.69, 9.17) is 5.73 Å². The number of unbranched alkanes of at least 4 members (excludes halogenated alkanes) is 53. The summed E-state index contributed by atoms with van der Waals surface area (Å²) < 4.78 is 0. The van der Waals surface area contributed by atoms with E-state index in [2.05, 4.69) is 70.9 Å². The first-order valence-electron chi connectivity index (χ1n) is 39.1. The summed E-state index contributed by atoms with van der Waals surface area (Å²) in [5.74, 6) is 0. The molecule has 83 heavy (non-hydrogen) atoms. The van der Waals surface area contributed by atoms with Crippen LogP contribution in [0.1, 0.15) is 447 Å². The van der Waals surface area contributed by atoms with Crippen molar-refractivity contribution in [3.63, 3.8) is 0 Å². The molecule has 0 radical (unpaired) electrons. The predicted octanol–water partition coefficient (Wildman–Crippen LogP) is 26.5. The maximum Gasteiger partial charge on any atom is 0.0277 e. The van der Waals surface area contributed by atoms with Crippen molar-refractivity contribution in [2.75, 3.05) is 39.3 Å². The first-order chi connectivity index (χ1) is 40.2. The molecule has 0 aliphatic rings. The average molecular weight is 1280 g/mol. The molecule has 0 spiro atoms. The quantitative estimate of drug-likeness (QED) is 0.0420. The number of nitrogens with two attached hydrogens (primary N) is 1. The summed E-state index contributed by atoms with van der Waals surface area (Å²) in [7, 11) is 0. The first-order valence-corrected chi connectivity index (χ1v) is 39.1. The van der Waals surface area contributed by atoms with Crippen LogP contribution in [0.4, 0.5) is 0 Å². The zero-order valence-electron chi connectivity index (χ0n) is 59.3. The predicted molar refractivity (Wildman–Crippen MR) is 392 cm³/mol. The Balaban J connectivity index is 0. The highest BCUT2D eigenvalue weighted by molar-refractivity contribution is 14.0. The highest BCUT2D eigenvalue weighted by Gasteiger charge is 2.54. The highest BCUT2D eigenvalue weighted by atomic mass is 127. The van der Waals surface area contributed by atoms with Crippen molar-refractivity contribution in [3.05, 3.63) is 0 Å². The molecule has 0 aliphatic heterocycles. The summed E-state index contributed by atoms with van der Waals surface area (Å²) >= 11 is 0. The molecule has 0 saturated carbocycles. The number of hydrogen-bond donors (Lipinski definition) is 3. The van der Waals surface area contributed by atoms with Crippen LogP contribution in [0.5, 0.6) is 0 Å². The maximum atomic E-state index is 5.82. The third-order valence-electron chi connectivity index (χ3n) is 20.7. The lowest BCUT2D eigenvalue weighted by Crippen LogP contribution is -2.68. The van der Waals surface area contributed by atoms with Gasteiger partial charge in [-0.3, -0.25) is 4.90 Å². The minimum absolute atomic E-state index is 0. The number of nitrogens with zero attached hydrogens (tertiary/aromatic N) is 1. The average Bonchev–Trinajstić information content (AvgIpc) is 2.82. The highest BCUT2D eigenvalue weighted by Crippen LogP contribution is 2.51. The van der Waals surface area contributed by atoms with E-state index in [9.17, 15) is 0 Å². The number of rotatable bonds is 72. The fourth-order valence-corrected chi connectivity index (χ4v) is 14.2. The van der Waals surface area contributed by atoms with Crippen molar-refractivity contribution in [2.45, 2.75) is 458 Å². The summed E-state index contributed by atoms with van der Waals surface area (Å²) in [6.45, 7) is 26.8. The third kappa shape index (κ3) is 52.0. The van der Waals surface area contributed by atoms with Crippen molar-refractivity contribution >= 4 is 24.0 Å². The molecule has 5 heteroatoms. The molecule has 502 valence electrons. The van der Waals surface area contributed by atoms with Gasteiger partial charge in [0, 0.05) is 16.5 Å². The minimum Gasteiger partial charge on any atom is -0.330 e. The molecule has 0 unspecified atom stereocenters. The van der Waals surface area contributed by atoms with E-state index in [-0.39, 0.29) is 40.5 Å². The zero-order chi connectivity index (χ0) is 59.9. The van der Waals surface area contributed by atoms with Crippen molar-refractivity contribution in [1.29, 1.82) is 0 Å². The second kappa shape index (κ2) is 67.0. The Hall–Kier alpha value is 0.570. The first kappa shape index (κ1) is 85.6. The molecule has 0 heterocycles. The standard InChI is InChI=1S/C78H162N4.HI/c1-9-13-17-21-25-29-33-37-41-45-49-53-57-61-68-78(69-62-58-54-50-46-42-38-34-30-26-22-18-14-10-2,76(5,6)77(7,8)81-73-64-63-71-80-72-67-70-79)82(74-65-59-55-51-47-43-39-35-31-27-23-19-15-11-3)75-66-60-56-52-48-44-40-36-32-28-24-20-16-12-4;/h80-81H,9-75,79H2,1-8H3;1H. The topological polar surface area (TPSA) is 53.3 Å². The van der Waals surface area contributed by atoms with Crippen LogP contribution in [0, 0.1) is 5.41 Å². The van der Waals surface area contributed by atoms with E-state index < -0.39 is 0 Å². The molecular formula is C78H163IN4. The smallest absolute Gasteiger partial charge is 0.0277 e. The van der Waals surface area contributed by atoms with Crippen molar-refractivity contribution in [1.82, 2.24) is 15.5 Å².